The minimum Gasteiger partial charge on any atom is -0.465 e. The number of rotatable bonds is 4. The Hall–Kier alpha value is -3.26. The Labute approximate surface area is 177 Å². The van der Waals surface area contributed by atoms with E-state index in [9.17, 15) is 14.4 Å². The smallest absolute Gasteiger partial charge is 0.337 e. The van der Waals surface area contributed by atoms with Gasteiger partial charge in [-0.3, -0.25) is 14.2 Å². The SMILES string of the molecule is COC(=O)c1ccc2c(=O)n(CCC(=O)N3CCc4ccccc4C3)c(=S)[nH]c2c1. The lowest BCUT2D eigenvalue weighted by atomic mass is 10.00. The quantitative estimate of drug-likeness (QED) is 0.515. The van der Waals surface area contributed by atoms with E-state index in [0.29, 0.717) is 29.6 Å². The molecule has 0 saturated carbocycles. The average molecular weight is 423 g/mol. The normalized spacial score (nSPS) is 13.2. The highest BCUT2D eigenvalue weighted by molar-refractivity contribution is 7.71. The predicted molar refractivity (Wildman–Crippen MR) is 115 cm³/mol. The van der Waals surface area contributed by atoms with Crippen molar-refractivity contribution in [1.29, 1.82) is 0 Å². The van der Waals surface area contributed by atoms with Gasteiger partial charge in [0.25, 0.3) is 5.56 Å². The summed E-state index contributed by atoms with van der Waals surface area (Å²) in [6.45, 7) is 1.45. The summed E-state index contributed by atoms with van der Waals surface area (Å²) < 4.78 is 6.32. The highest BCUT2D eigenvalue weighted by atomic mass is 32.1. The van der Waals surface area contributed by atoms with Gasteiger partial charge in [0.1, 0.15) is 0 Å². The summed E-state index contributed by atoms with van der Waals surface area (Å²) in [5, 5.41) is 0.399. The molecule has 154 valence electrons. The third-order valence-corrected chi connectivity index (χ3v) is 5.76. The van der Waals surface area contributed by atoms with Crippen molar-refractivity contribution in [3.05, 3.63) is 74.3 Å². The Morgan fingerprint density at radius 3 is 2.70 bits per heavy atom. The number of nitrogens with zero attached hydrogens (tertiary/aromatic N) is 2. The number of carbonyl (C=O) groups excluding carboxylic acids is 2. The van der Waals surface area contributed by atoms with Gasteiger partial charge in [-0.2, -0.15) is 0 Å². The third-order valence-electron chi connectivity index (χ3n) is 5.44. The number of aromatic amines is 1. The van der Waals surface area contributed by atoms with Gasteiger partial charge in [0.15, 0.2) is 4.77 Å². The van der Waals surface area contributed by atoms with Crippen LogP contribution in [0.3, 0.4) is 0 Å². The van der Waals surface area contributed by atoms with E-state index in [-0.39, 0.29) is 29.2 Å². The minimum absolute atomic E-state index is 0.00746. The van der Waals surface area contributed by atoms with Crippen molar-refractivity contribution < 1.29 is 14.3 Å². The van der Waals surface area contributed by atoms with E-state index in [1.807, 2.05) is 23.1 Å². The monoisotopic (exact) mass is 423 g/mol. The van der Waals surface area contributed by atoms with Gasteiger partial charge in [-0.25, -0.2) is 4.79 Å². The van der Waals surface area contributed by atoms with Crippen LogP contribution < -0.4 is 5.56 Å². The lowest BCUT2D eigenvalue weighted by molar-refractivity contribution is -0.132. The third kappa shape index (κ3) is 3.78. The van der Waals surface area contributed by atoms with E-state index in [1.54, 1.807) is 12.1 Å². The van der Waals surface area contributed by atoms with Crippen LogP contribution in [-0.2, 0) is 29.0 Å². The van der Waals surface area contributed by atoms with Crippen LogP contribution in [0.1, 0.15) is 27.9 Å². The minimum atomic E-state index is -0.492. The van der Waals surface area contributed by atoms with Crippen molar-refractivity contribution in [3.8, 4) is 0 Å². The first-order valence-electron chi connectivity index (χ1n) is 9.67. The molecule has 2 aromatic carbocycles. The van der Waals surface area contributed by atoms with Crippen LogP contribution in [0, 0.1) is 4.77 Å². The van der Waals surface area contributed by atoms with Crippen molar-refractivity contribution in [2.24, 2.45) is 0 Å². The number of amides is 1. The van der Waals surface area contributed by atoms with E-state index in [1.165, 1.54) is 28.9 Å². The van der Waals surface area contributed by atoms with Crippen LogP contribution in [0.25, 0.3) is 10.9 Å². The van der Waals surface area contributed by atoms with Gasteiger partial charge >= 0.3 is 5.97 Å². The Morgan fingerprint density at radius 2 is 1.93 bits per heavy atom. The molecule has 4 rings (SSSR count). The number of hydrogen-bond acceptors (Lipinski definition) is 5. The molecule has 0 bridgehead atoms. The number of hydrogen-bond donors (Lipinski definition) is 1. The summed E-state index contributed by atoms with van der Waals surface area (Å²) in [5.74, 6) is -0.499. The zero-order valence-corrected chi connectivity index (χ0v) is 17.3. The Kier molecular flexibility index (Phi) is 5.50. The fraction of sp³-hybridized carbons (Fsp3) is 0.273. The number of methoxy groups -OCH3 is 1. The standard InChI is InChI=1S/C22H21N3O4S/c1-29-21(28)15-6-7-17-18(12-15)23-22(30)25(20(17)27)11-9-19(26)24-10-8-14-4-2-3-5-16(14)13-24/h2-7,12H,8-11,13H2,1H3,(H,23,30). The molecular formula is C22H21N3O4S. The Morgan fingerprint density at radius 1 is 1.17 bits per heavy atom. The maximum atomic E-state index is 12.9. The molecule has 0 unspecified atom stereocenters. The fourth-order valence-electron chi connectivity index (χ4n) is 3.78. The van der Waals surface area contributed by atoms with Crippen LogP contribution in [0.5, 0.6) is 0 Å². The number of esters is 1. The van der Waals surface area contributed by atoms with Crippen molar-refractivity contribution in [2.45, 2.75) is 25.9 Å². The molecule has 0 atom stereocenters. The first kappa shape index (κ1) is 20.0. The maximum Gasteiger partial charge on any atom is 0.337 e. The first-order valence-corrected chi connectivity index (χ1v) is 10.1. The summed E-state index contributed by atoms with van der Waals surface area (Å²) in [7, 11) is 1.30. The van der Waals surface area contributed by atoms with Crippen molar-refractivity contribution >= 4 is 35.0 Å². The summed E-state index contributed by atoms with van der Waals surface area (Å²) in [5.41, 5.74) is 2.94. The number of aromatic nitrogens is 2. The van der Waals surface area contributed by atoms with E-state index < -0.39 is 5.97 Å². The second-order valence-electron chi connectivity index (χ2n) is 7.22. The second-order valence-corrected chi connectivity index (χ2v) is 7.61. The molecule has 1 amide bonds. The van der Waals surface area contributed by atoms with E-state index in [4.69, 9.17) is 17.0 Å². The average Bonchev–Trinajstić information content (AvgIpc) is 2.77. The van der Waals surface area contributed by atoms with Crippen molar-refractivity contribution in [1.82, 2.24) is 14.5 Å². The molecule has 30 heavy (non-hydrogen) atoms. The van der Waals surface area contributed by atoms with Gasteiger partial charge in [0, 0.05) is 26.1 Å². The summed E-state index contributed by atoms with van der Waals surface area (Å²) in [6, 6.07) is 12.8. The number of benzene rings is 2. The fourth-order valence-corrected chi connectivity index (χ4v) is 4.06. The van der Waals surface area contributed by atoms with Gasteiger partial charge < -0.3 is 14.6 Å². The number of ether oxygens (including phenoxy) is 1. The van der Waals surface area contributed by atoms with Gasteiger partial charge in [-0.1, -0.05) is 24.3 Å². The van der Waals surface area contributed by atoms with Crippen molar-refractivity contribution in [3.63, 3.8) is 0 Å². The van der Waals surface area contributed by atoms with Crippen LogP contribution in [0.2, 0.25) is 0 Å². The molecule has 1 aliphatic heterocycles. The molecule has 1 N–H and O–H groups in total. The number of fused-ring (bicyclic) bond motifs is 2. The molecular weight excluding hydrogens is 402 g/mol. The molecule has 0 spiro atoms. The summed E-state index contributed by atoms with van der Waals surface area (Å²) in [4.78, 5) is 42.1. The number of H-pyrrole nitrogens is 1. The largest absolute Gasteiger partial charge is 0.465 e. The van der Waals surface area contributed by atoms with Crippen LogP contribution >= 0.6 is 12.2 Å². The zero-order chi connectivity index (χ0) is 21.3. The molecule has 0 radical (unpaired) electrons. The van der Waals surface area contributed by atoms with Gasteiger partial charge in [-0.05, 0) is 48.0 Å². The van der Waals surface area contributed by atoms with Gasteiger partial charge in [0.05, 0.1) is 23.6 Å². The van der Waals surface area contributed by atoms with E-state index >= 15 is 0 Å². The summed E-state index contributed by atoms with van der Waals surface area (Å²) >= 11 is 5.33. The highest BCUT2D eigenvalue weighted by Crippen LogP contribution is 2.19. The lowest BCUT2D eigenvalue weighted by Gasteiger charge is -2.29. The molecule has 0 aliphatic carbocycles. The van der Waals surface area contributed by atoms with Crippen molar-refractivity contribution in [2.75, 3.05) is 13.7 Å². The summed E-state index contributed by atoms with van der Waals surface area (Å²) in [6.07, 6.45) is 1.02. The molecule has 0 saturated heterocycles. The molecule has 3 aromatic rings. The Balaban J connectivity index is 1.53. The molecule has 0 fully saturated rings. The van der Waals surface area contributed by atoms with Crippen LogP contribution in [0.4, 0.5) is 0 Å². The predicted octanol–water partition coefficient (Wildman–Crippen LogP) is 2.82. The lowest BCUT2D eigenvalue weighted by Crippen LogP contribution is -2.37. The molecule has 1 aliphatic rings. The first-order chi connectivity index (χ1) is 14.5. The molecule has 1 aromatic heterocycles. The van der Waals surface area contributed by atoms with Crippen LogP contribution in [-0.4, -0.2) is 40.0 Å². The second kappa shape index (κ2) is 8.23. The number of carbonyl (C=O) groups is 2. The van der Waals surface area contributed by atoms with Gasteiger partial charge in [0.2, 0.25) is 5.91 Å². The van der Waals surface area contributed by atoms with Gasteiger partial charge in [-0.15, -0.1) is 0 Å². The molecule has 8 heteroatoms. The van der Waals surface area contributed by atoms with Crippen LogP contribution in [0.15, 0.2) is 47.3 Å². The highest BCUT2D eigenvalue weighted by Gasteiger charge is 2.20. The maximum absolute atomic E-state index is 12.9. The molecule has 7 nitrogen and oxygen atoms in total. The van der Waals surface area contributed by atoms with E-state index in [0.717, 1.165) is 6.42 Å². The zero-order valence-electron chi connectivity index (χ0n) is 16.5. The topological polar surface area (TPSA) is 84.4 Å². The number of nitrogens with one attached hydrogen (secondary N) is 1. The Bertz CT molecular complexity index is 1260. The van der Waals surface area contributed by atoms with E-state index in [2.05, 4.69) is 11.1 Å². The molecule has 2 heterocycles.